The predicted molar refractivity (Wildman–Crippen MR) is 108 cm³/mol. The molecule has 158 valence electrons. The smallest absolute Gasteiger partial charge is 0.312 e. The standard InChI is InChI=1S/C21H23FN4O4/c1-11-5-14(15(22)6-17(11)28-10-13-3-4-13)20-26-16-8-24-19(7-18(16)30-20)29-9-12(2)25-21(23)27/h5-8,12-13H,3-4,9-10H2,1-2H3,(H3,23,25,27)/t12-/m0/s1. The topological polar surface area (TPSA) is 112 Å². The fourth-order valence-electron chi connectivity index (χ4n) is 2.98. The van der Waals surface area contributed by atoms with Crippen molar-refractivity contribution < 1.29 is 23.1 Å². The summed E-state index contributed by atoms with van der Waals surface area (Å²) < 4.78 is 31.7. The number of amides is 2. The second kappa shape index (κ2) is 8.17. The molecule has 9 heteroatoms. The molecule has 1 aromatic carbocycles. The maximum atomic E-state index is 14.7. The molecule has 0 bridgehead atoms. The minimum atomic E-state index is -0.629. The van der Waals surface area contributed by atoms with Crippen LogP contribution in [0.4, 0.5) is 9.18 Å². The van der Waals surface area contributed by atoms with Crippen molar-refractivity contribution in [3.63, 3.8) is 0 Å². The van der Waals surface area contributed by atoms with Crippen LogP contribution < -0.4 is 20.5 Å². The number of urea groups is 1. The van der Waals surface area contributed by atoms with Crippen molar-refractivity contribution in [3.8, 4) is 23.1 Å². The lowest BCUT2D eigenvalue weighted by Crippen LogP contribution is -2.40. The van der Waals surface area contributed by atoms with Crippen molar-refractivity contribution in [2.45, 2.75) is 32.7 Å². The second-order valence-electron chi connectivity index (χ2n) is 7.58. The molecular formula is C21H23FN4O4. The highest BCUT2D eigenvalue weighted by Gasteiger charge is 2.23. The molecule has 0 spiro atoms. The van der Waals surface area contributed by atoms with E-state index in [9.17, 15) is 9.18 Å². The molecule has 30 heavy (non-hydrogen) atoms. The molecule has 1 aliphatic carbocycles. The van der Waals surface area contributed by atoms with Crippen LogP contribution in [-0.4, -0.2) is 35.3 Å². The number of ether oxygens (including phenoxy) is 2. The van der Waals surface area contributed by atoms with Gasteiger partial charge in [-0.2, -0.15) is 0 Å². The van der Waals surface area contributed by atoms with Crippen LogP contribution in [0.5, 0.6) is 11.6 Å². The van der Waals surface area contributed by atoms with Crippen molar-refractivity contribution >= 4 is 17.1 Å². The highest BCUT2D eigenvalue weighted by Crippen LogP contribution is 2.34. The number of aryl methyl sites for hydroxylation is 1. The van der Waals surface area contributed by atoms with Gasteiger partial charge in [-0.05, 0) is 44.2 Å². The average Bonchev–Trinajstić information content (AvgIpc) is 3.43. The molecule has 1 saturated carbocycles. The fourth-order valence-corrected chi connectivity index (χ4v) is 2.98. The van der Waals surface area contributed by atoms with Crippen LogP contribution in [0.3, 0.4) is 0 Å². The Labute approximate surface area is 172 Å². The van der Waals surface area contributed by atoms with Gasteiger partial charge in [0.15, 0.2) is 5.58 Å². The number of pyridine rings is 1. The third kappa shape index (κ3) is 4.61. The third-order valence-electron chi connectivity index (χ3n) is 4.79. The van der Waals surface area contributed by atoms with E-state index < -0.39 is 11.8 Å². The van der Waals surface area contributed by atoms with Crippen molar-refractivity contribution in [1.82, 2.24) is 15.3 Å². The van der Waals surface area contributed by atoms with E-state index in [2.05, 4.69) is 15.3 Å². The number of halogens is 1. The molecular weight excluding hydrogens is 391 g/mol. The maximum Gasteiger partial charge on any atom is 0.312 e. The number of fused-ring (bicyclic) bond motifs is 1. The van der Waals surface area contributed by atoms with Gasteiger partial charge >= 0.3 is 6.03 Å². The number of carbonyl (C=O) groups is 1. The van der Waals surface area contributed by atoms with Crippen LogP contribution in [0, 0.1) is 18.7 Å². The number of primary amides is 1. The number of nitrogens with zero attached hydrogens (tertiary/aromatic N) is 2. The van der Waals surface area contributed by atoms with Crippen molar-refractivity contribution in [2.75, 3.05) is 13.2 Å². The number of nitrogens with two attached hydrogens (primary N) is 1. The van der Waals surface area contributed by atoms with Gasteiger partial charge in [-0.1, -0.05) is 0 Å². The van der Waals surface area contributed by atoms with Crippen molar-refractivity contribution in [2.24, 2.45) is 11.7 Å². The first-order chi connectivity index (χ1) is 14.4. The van der Waals surface area contributed by atoms with E-state index in [4.69, 9.17) is 19.6 Å². The van der Waals surface area contributed by atoms with E-state index in [0.717, 1.165) is 5.56 Å². The molecule has 0 saturated heterocycles. The monoisotopic (exact) mass is 414 g/mol. The Balaban J connectivity index is 1.51. The Bertz CT molecular complexity index is 1080. The molecule has 1 atom stereocenters. The molecule has 2 amide bonds. The first-order valence-corrected chi connectivity index (χ1v) is 9.77. The number of hydrogen-bond acceptors (Lipinski definition) is 6. The minimum Gasteiger partial charge on any atom is -0.493 e. The largest absolute Gasteiger partial charge is 0.493 e. The second-order valence-corrected chi connectivity index (χ2v) is 7.58. The third-order valence-corrected chi connectivity index (χ3v) is 4.79. The van der Waals surface area contributed by atoms with E-state index in [1.54, 1.807) is 19.1 Å². The normalized spacial score (nSPS) is 14.5. The molecule has 0 unspecified atom stereocenters. The number of oxazole rings is 1. The quantitative estimate of drug-likeness (QED) is 0.583. The van der Waals surface area contributed by atoms with Crippen LogP contribution in [0.25, 0.3) is 22.6 Å². The van der Waals surface area contributed by atoms with E-state index in [-0.39, 0.29) is 24.1 Å². The molecule has 2 heterocycles. The summed E-state index contributed by atoms with van der Waals surface area (Å²) in [6, 6.07) is 3.70. The summed E-state index contributed by atoms with van der Waals surface area (Å²) in [4.78, 5) is 19.4. The first-order valence-electron chi connectivity index (χ1n) is 9.77. The number of hydrogen-bond donors (Lipinski definition) is 2. The maximum absolute atomic E-state index is 14.7. The minimum absolute atomic E-state index is 0.155. The Hall–Kier alpha value is -3.36. The van der Waals surface area contributed by atoms with Gasteiger partial charge in [-0.25, -0.2) is 19.2 Å². The summed E-state index contributed by atoms with van der Waals surface area (Å²) in [5.41, 5.74) is 7.03. The predicted octanol–water partition coefficient (Wildman–Crippen LogP) is 3.56. The first kappa shape index (κ1) is 19.9. The molecule has 0 radical (unpaired) electrons. The number of aromatic nitrogens is 2. The molecule has 1 fully saturated rings. The Morgan fingerprint density at radius 1 is 1.37 bits per heavy atom. The van der Waals surface area contributed by atoms with Gasteiger partial charge in [-0.15, -0.1) is 0 Å². The Morgan fingerprint density at radius 2 is 2.17 bits per heavy atom. The van der Waals surface area contributed by atoms with Gasteiger partial charge in [0, 0.05) is 12.1 Å². The van der Waals surface area contributed by atoms with Crippen molar-refractivity contribution in [3.05, 3.63) is 35.8 Å². The van der Waals surface area contributed by atoms with Crippen LogP contribution in [0.2, 0.25) is 0 Å². The average molecular weight is 414 g/mol. The summed E-state index contributed by atoms with van der Waals surface area (Å²) in [6.07, 6.45) is 3.83. The van der Waals surface area contributed by atoms with Gasteiger partial charge in [0.05, 0.1) is 24.4 Å². The number of nitrogens with one attached hydrogen (secondary N) is 1. The Morgan fingerprint density at radius 3 is 2.90 bits per heavy atom. The van der Waals surface area contributed by atoms with Gasteiger partial charge in [-0.3, -0.25) is 0 Å². The van der Waals surface area contributed by atoms with Gasteiger partial charge in [0.1, 0.15) is 23.7 Å². The summed E-state index contributed by atoms with van der Waals surface area (Å²) in [5, 5.41) is 2.51. The van der Waals surface area contributed by atoms with Crippen LogP contribution >= 0.6 is 0 Å². The lowest BCUT2D eigenvalue weighted by atomic mass is 10.1. The highest BCUT2D eigenvalue weighted by atomic mass is 19.1. The number of benzene rings is 1. The van der Waals surface area contributed by atoms with Gasteiger partial charge < -0.3 is 24.9 Å². The van der Waals surface area contributed by atoms with Gasteiger partial charge in [0.25, 0.3) is 0 Å². The summed E-state index contributed by atoms with van der Waals surface area (Å²) in [6.45, 7) is 4.41. The Kier molecular flexibility index (Phi) is 5.43. The zero-order valence-electron chi connectivity index (χ0n) is 16.8. The molecule has 2 aromatic heterocycles. The highest BCUT2D eigenvalue weighted by molar-refractivity contribution is 5.76. The zero-order chi connectivity index (χ0) is 21.3. The lowest BCUT2D eigenvalue weighted by Gasteiger charge is -2.12. The molecule has 3 N–H and O–H groups in total. The molecule has 0 aliphatic heterocycles. The zero-order valence-corrected chi connectivity index (χ0v) is 16.8. The number of carbonyl (C=O) groups excluding carboxylic acids is 1. The van der Waals surface area contributed by atoms with Crippen molar-refractivity contribution in [1.29, 1.82) is 0 Å². The van der Waals surface area contributed by atoms with E-state index in [1.807, 2.05) is 6.92 Å². The van der Waals surface area contributed by atoms with E-state index >= 15 is 0 Å². The lowest BCUT2D eigenvalue weighted by molar-refractivity contribution is 0.231. The molecule has 8 nitrogen and oxygen atoms in total. The molecule has 4 rings (SSSR count). The summed E-state index contributed by atoms with van der Waals surface area (Å²) >= 11 is 0. The van der Waals surface area contributed by atoms with E-state index in [1.165, 1.54) is 25.1 Å². The SMILES string of the molecule is Cc1cc(-c2nc3cnc(OC[C@H](C)NC(N)=O)cc3o2)c(F)cc1OCC1CC1. The molecule has 3 aromatic rings. The summed E-state index contributed by atoms with van der Waals surface area (Å²) in [7, 11) is 0. The van der Waals surface area contributed by atoms with Gasteiger partial charge in [0.2, 0.25) is 11.8 Å². The van der Waals surface area contributed by atoms with E-state index in [0.29, 0.717) is 35.3 Å². The van der Waals surface area contributed by atoms with Crippen LogP contribution in [0.1, 0.15) is 25.3 Å². The van der Waals surface area contributed by atoms with Crippen LogP contribution in [-0.2, 0) is 0 Å². The number of rotatable bonds is 8. The fraction of sp³-hybridized carbons (Fsp3) is 0.381. The summed E-state index contributed by atoms with van der Waals surface area (Å²) in [5.74, 6) is 1.11. The van der Waals surface area contributed by atoms with Crippen LogP contribution in [0.15, 0.2) is 28.8 Å². The molecule has 1 aliphatic rings.